The van der Waals surface area contributed by atoms with Crippen molar-refractivity contribution in [2.24, 2.45) is 0 Å². The lowest BCUT2D eigenvalue weighted by atomic mass is 10.1. The van der Waals surface area contributed by atoms with Crippen molar-refractivity contribution < 1.29 is 14.7 Å². The van der Waals surface area contributed by atoms with Crippen LogP contribution >= 0.6 is 27.3 Å². The van der Waals surface area contributed by atoms with Crippen LogP contribution in [0.4, 0.5) is 0 Å². The van der Waals surface area contributed by atoms with Gasteiger partial charge in [-0.25, -0.2) is 4.79 Å². The molecule has 0 aliphatic heterocycles. The Balaban J connectivity index is 3.39. The fourth-order valence-electron chi connectivity index (χ4n) is 1.06. The first-order valence-corrected chi connectivity index (χ1v) is 5.09. The molecule has 0 aliphatic carbocycles. The average molecular weight is 263 g/mol. The van der Waals surface area contributed by atoms with E-state index in [0.717, 1.165) is 11.3 Å². The summed E-state index contributed by atoms with van der Waals surface area (Å²) in [7, 11) is 0. The number of carboxylic acid groups (broad SMARTS) is 1. The minimum Gasteiger partial charge on any atom is -0.478 e. The number of Topliss-reactive ketones (excluding diaryl/α,β-unsaturated/α-hetero) is 1. The Morgan fingerprint density at radius 1 is 1.46 bits per heavy atom. The van der Waals surface area contributed by atoms with E-state index >= 15 is 0 Å². The molecule has 1 N–H and O–H groups in total. The number of rotatable bonds is 2. The number of ketones is 1. The maximum absolute atomic E-state index is 11.1. The summed E-state index contributed by atoms with van der Waals surface area (Å²) in [6.07, 6.45) is 0. The second-order valence-electron chi connectivity index (χ2n) is 2.57. The van der Waals surface area contributed by atoms with E-state index in [1.807, 2.05) is 0 Å². The number of halogens is 1. The van der Waals surface area contributed by atoms with Crippen molar-refractivity contribution in [3.63, 3.8) is 0 Å². The third kappa shape index (κ3) is 1.81. The van der Waals surface area contributed by atoms with Gasteiger partial charge in [0.2, 0.25) is 0 Å². The predicted octanol–water partition coefficient (Wildman–Crippen LogP) is 2.72. The van der Waals surface area contributed by atoms with Crippen molar-refractivity contribution in [1.29, 1.82) is 0 Å². The summed E-state index contributed by atoms with van der Waals surface area (Å²) in [4.78, 5) is 22.3. The summed E-state index contributed by atoms with van der Waals surface area (Å²) in [6.45, 7) is 3.07. The second-order valence-corrected chi connectivity index (χ2v) is 4.90. The first kappa shape index (κ1) is 10.4. The highest BCUT2D eigenvalue weighted by Gasteiger charge is 2.20. The van der Waals surface area contributed by atoms with E-state index in [-0.39, 0.29) is 11.3 Å². The van der Waals surface area contributed by atoms with E-state index in [9.17, 15) is 9.59 Å². The molecule has 0 amide bonds. The van der Waals surface area contributed by atoms with Crippen molar-refractivity contribution in [3.05, 3.63) is 19.8 Å². The molecule has 0 aromatic carbocycles. The van der Waals surface area contributed by atoms with Crippen LogP contribution in [0.1, 0.15) is 32.5 Å². The van der Waals surface area contributed by atoms with Crippen LogP contribution in [0.25, 0.3) is 0 Å². The topological polar surface area (TPSA) is 54.4 Å². The van der Waals surface area contributed by atoms with E-state index in [0.29, 0.717) is 14.2 Å². The number of carbonyl (C=O) groups is 2. The molecule has 1 heterocycles. The van der Waals surface area contributed by atoms with Crippen LogP contribution in [0.2, 0.25) is 0 Å². The molecule has 1 rings (SSSR count). The Labute approximate surface area is 87.5 Å². The summed E-state index contributed by atoms with van der Waals surface area (Å²) >= 11 is 4.29. The zero-order valence-electron chi connectivity index (χ0n) is 7.05. The third-order valence-electron chi connectivity index (χ3n) is 1.64. The molecular formula is C8H7BrO3S. The predicted molar refractivity (Wildman–Crippen MR) is 53.7 cm³/mol. The smallest absolute Gasteiger partial charge is 0.338 e. The molecule has 3 nitrogen and oxygen atoms in total. The van der Waals surface area contributed by atoms with Gasteiger partial charge in [-0.2, -0.15) is 0 Å². The molecule has 0 saturated heterocycles. The number of hydrogen-bond donors (Lipinski definition) is 1. The molecule has 0 fully saturated rings. The van der Waals surface area contributed by atoms with E-state index in [2.05, 4.69) is 15.9 Å². The molecular weight excluding hydrogens is 256 g/mol. The zero-order valence-corrected chi connectivity index (χ0v) is 9.45. The standard InChI is InChI=1S/C8H7BrO3S/c1-3-5(8(11)12)7(9)13-6(3)4(2)10/h1-2H3,(H,11,12). The highest BCUT2D eigenvalue weighted by molar-refractivity contribution is 9.11. The second kappa shape index (κ2) is 3.59. The van der Waals surface area contributed by atoms with E-state index in [4.69, 9.17) is 5.11 Å². The molecule has 0 spiro atoms. The molecule has 1 aromatic heterocycles. The Morgan fingerprint density at radius 3 is 2.23 bits per heavy atom. The third-order valence-corrected chi connectivity index (χ3v) is 3.70. The van der Waals surface area contributed by atoms with Gasteiger partial charge in [0, 0.05) is 0 Å². The quantitative estimate of drug-likeness (QED) is 0.834. The number of carboxylic acids is 1. The Hall–Kier alpha value is -0.680. The van der Waals surface area contributed by atoms with Gasteiger partial charge in [-0.05, 0) is 35.3 Å². The van der Waals surface area contributed by atoms with Crippen LogP contribution in [0.15, 0.2) is 3.79 Å². The van der Waals surface area contributed by atoms with Crippen LogP contribution in [0.5, 0.6) is 0 Å². The van der Waals surface area contributed by atoms with Gasteiger partial charge in [0.15, 0.2) is 5.78 Å². The van der Waals surface area contributed by atoms with Gasteiger partial charge in [-0.3, -0.25) is 4.79 Å². The van der Waals surface area contributed by atoms with E-state index in [1.54, 1.807) is 6.92 Å². The molecule has 0 bridgehead atoms. The van der Waals surface area contributed by atoms with Gasteiger partial charge in [-0.1, -0.05) is 0 Å². The van der Waals surface area contributed by atoms with Crippen LogP contribution < -0.4 is 0 Å². The highest BCUT2D eigenvalue weighted by Crippen LogP contribution is 2.32. The van der Waals surface area contributed by atoms with Gasteiger partial charge in [0.1, 0.15) is 0 Å². The maximum atomic E-state index is 11.1. The summed E-state index contributed by atoms with van der Waals surface area (Å²) in [5.74, 6) is -1.11. The van der Waals surface area contributed by atoms with Crippen LogP contribution in [0, 0.1) is 6.92 Å². The first-order chi connectivity index (χ1) is 5.95. The average Bonchev–Trinajstić information content (AvgIpc) is 2.26. The van der Waals surface area contributed by atoms with Crippen molar-refractivity contribution in [2.45, 2.75) is 13.8 Å². The zero-order chi connectivity index (χ0) is 10.2. The van der Waals surface area contributed by atoms with Gasteiger partial charge < -0.3 is 5.11 Å². The Morgan fingerprint density at radius 2 is 2.00 bits per heavy atom. The molecule has 0 radical (unpaired) electrons. The number of carbonyl (C=O) groups excluding carboxylic acids is 1. The van der Waals surface area contributed by atoms with Gasteiger partial charge in [-0.15, -0.1) is 11.3 Å². The molecule has 1 aromatic rings. The lowest BCUT2D eigenvalue weighted by molar-refractivity contribution is 0.0696. The summed E-state index contributed by atoms with van der Waals surface area (Å²) in [5, 5.41) is 8.81. The lowest BCUT2D eigenvalue weighted by Crippen LogP contribution is -1.99. The summed E-state index contributed by atoms with van der Waals surface area (Å²) in [6, 6.07) is 0. The number of aromatic carboxylic acids is 1. The van der Waals surface area contributed by atoms with Crippen LogP contribution in [-0.4, -0.2) is 16.9 Å². The van der Waals surface area contributed by atoms with Crippen LogP contribution in [-0.2, 0) is 0 Å². The summed E-state index contributed by atoms with van der Waals surface area (Å²) in [5.41, 5.74) is 0.729. The van der Waals surface area contributed by atoms with Crippen molar-refractivity contribution in [1.82, 2.24) is 0 Å². The monoisotopic (exact) mass is 262 g/mol. The van der Waals surface area contributed by atoms with Gasteiger partial charge in [0.25, 0.3) is 0 Å². The van der Waals surface area contributed by atoms with Crippen molar-refractivity contribution in [2.75, 3.05) is 0 Å². The minimum atomic E-state index is -1.01. The van der Waals surface area contributed by atoms with Crippen LogP contribution in [0.3, 0.4) is 0 Å². The van der Waals surface area contributed by atoms with E-state index < -0.39 is 5.97 Å². The molecule has 70 valence electrons. The fourth-order valence-corrected chi connectivity index (χ4v) is 2.93. The number of hydrogen-bond acceptors (Lipinski definition) is 3. The molecule has 0 saturated carbocycles. The normalized spacial score (nSPS) is 10.1. The largest absolute Gasteiger partial charge is 0.478 e. The highest BCUT2D eigenvalue weighted by atomic mass is 79.9. The molecule has 0 aliphatic rings. The van der Waals surface area contributed by atoms with Gasteiger partial charge in [0.05, 0.1) is 14.2 Å². The minimum absolute atomic E-state index is 0.101. The molecule has 13 heavy (non-hydrogen) atoms. The molecule has 0 unspecified atom stereocenters. The summed E-state index contributed by atoms with van der Waals surface area (Å²) < 4.78 is 0.503. The first-order valence-electron chi connectivity index (χ1n) is 3.48. The Kier molecular flexibility index (Phi) is 2.87. The molecule has 0 atom stereocenters. The lowest BCUT2D eigenvalue weighted by Gasteiger charge is -1.93. The van der Waals surface area contributed by atoms with Crippen molar-refractivity contribution in [3.8, 4) is 0 Å². The maximum Gasteiger partial charge on any atom is 0.338 e. The van der Waals surface area contributed by atoms with E-state index in [1.165, 1.54) is 6.92 Å². The Bertz CT molecular complexity index is 381. The molecule has 5 heteroatoms. The van der Waals surface area contributed by atoms with Crippen molar-refractivity contribution >= 4 is 39.0 Å². The number of thiophene rings is 1. The fraction of sp³-hybridized carbons (Fsp3) is 0.250. The SMILES string of the molecule is CC(=O)c1sc(Br)c(C(=O)O)c1C. The van der Waals surface area contributed by atoms with Gasteiger partial charge >= 0.3 is 5.97 Å².